The van der Waals surface area contributed by atoms with Gasteiger partial charge in [-0.05, 0) is 49.2 Å². The van der Waals surface area contributed by atoms with Crippen molar-refractivity contribution < 1.29 is 9.90 Å². The van der Waals surface area contributed by atoms with Crippen molar-refractivity contribution in [3.05, 3.63) is 90.6 Å². The fourth-order valence-electron chi connectivity index (χ4n) is 2.62. The zero-order chi connectivity index (χ0) is 21.1. The highest BCUT2D eigenvalue weighted by molar-refractivity contribution is 6.33. The van der Waals surface area contributed by atoms with E-state index in [-0.39, 0.29) is 16.1 Å². The Morgan fingerprint density at radius 2 is 1.90 bits per heavy atom. The number of carbonyl (C=O) groups excluding carboxylic acids is 1. The van der Waals surface area contributed by atoms with Crippen LogP contribution in [0.1, 0.15) is 27.0 Å². The fraction of sp³-hybridized carbons (Fsp3) is 0.100. The van der Waals surface area contributed by atoms with E-state index in [9.17, 15) is 19.5 Å². The SMILES string of the molecule is Cc1ccc(-n2c(O)c(/C=N/NC(=O)c3ccccc3Cl)c(=O)[nH]c2=O)cc1C. The first-order chi connectivity index (χ1) is 13.8. The molecule has 8 nitrogen and oxygen atoms in total. The molecule has 2 aromatic carbocycles. The normalized spacial score (nSPS) is 11.0. The summed E-state index contributed by atoms with van der Waals surface area (Å²) in [5.74, 6) is -1.19. The van der Waals surface area contributed by atoms with E-state index < -0.39 is 23.0 Å². The Kier molecular flexibility index (Phi) is 5.65. The molecule has 0 spiro atoms. The molecule has 3 rings (SSSR count). The average molecular weight is 413 g/mol. The molecule has 148 valence electrons. The predicted octanol–water partition coefficient (Wildman–Crippen LogP) is 2.27. The second-order valence-corrected chi connectivity index (χ2v) is 6.69. The lowest BCUT2D eigenvalue weighted by Gasteiger charge is -2.11. The second kappa shape index (κ2) is 8.15. The lowest BCUT2D eigenvalue weighted by molar-refractivity contribution is 0.0955. The Morgan fingerprint density at radius 3 is 2.59 bits per heavy atom. The number of halogens is 1. The minimum Gasteiger partial charge on any atom is -0.493 e. The molecule has 0 saturated heterocycles. The molecule has 0 radical (unpaired) electrons. The molecule has 29 heavy (non-hydrogen) atoms. The second-order valence-electron chi connectivity index (χ2n) is 6.28. The van der Waals surface area contributed by atoms with Crippen LogP contribution in [0.2, 0.25) is 5.02 Å². The molecule has 0 fully saturated rings. The molecule has 0 saturated carbocycles. The van der Waals surface area contributed by atoms with Crippen molar-refractivity contribution in [3.8, 4) is 11.6 Å². The van der Waals surface area contributed by atoms with Crippen LogP contribution in [0.5, 0.6) is 5.88 Å². The number of aromatic nitrogens is 2. The Balaban J connectivity index is 1.96. The van der Waals surface area contributed by atoms with E-state index in [4.69, 9.17) is 11.6 Å². The molecule has 0 aliphatic carbocycles. The third-order valence-electron chi connectivity index (χ3n) is 4.35. The molecule has 3 N–H and O–H groups in total. The minimum atomic E-state index is -0.844. The van der Waals surface area contributed by atoms with Gasteiger partial charge in [-0.25, -0.2) is 14.8 Å². The maximum absolute atomic E-state index is 12.2. The summed E-state index contributed by atoms with van der Waals surface area (Å²) in [6, 6.07) is 11.5. The molecule has 9 heteroatoms. The monoisotopic (exact) mass is 412 g/mol. The van der Waals surface area contributed by atoms with Crippen molar-refractivity contribution in [2.24, 2.45) is 5.10 Å². The van der Waals surface area contributed by atoms with Gasteiger partial charge in [-0.3, -0.25) is 14.6 Å². The van der Waals surface area contributed by atoms with Crippen LogP contribution in [0.3, 0.4) is 0 Å². The smallest absolute Gasteiger partial charge is 0.335 e. The van der Waals surface area contributed by atoms with Gasteiger partial charge in [-0.15, -0.1) is 0 Å². The summed E-state index contributed by atoms with van der Waals surface area (Å²) in [5, 5.41) is 14.4. The van der Waals surface area contributed by atoms with Crippen molar-refractivity contribution >= 4 is 23.7 Å². The van der Waals surface area contributed by atoms with Crippen LogP contribution in [0.4, 0.5) is 0 Å². The number of carbonyl (C=O) groups is 1. The average Bonchev–Trinajstić information content (AvgIpc) is 2.67. The van der Waals surface area contributed by atoms with Gasteiger partial charge in [0, 0.05) is 0 Å². The van der Waals surface area contributed by atoms with E-state index in [0.29, 0.717) is 5.69 Å². The van der Waals surface area contributed by atoms with Gasteiger partial charge >= 0.3 is 5.69 Å². The van der Waals surface area contributed by atoms with Crippen LogP contribution in [-0.4, -0.2) is 26.8 Å². The van der Waals surface area contributed by atoms with Gasteiger partial charge in [-0.2, -0.15) is 5.10 Å². The number of aromatic amines is 1. The lowest BCUT2D eigenvalue weighted by atomic mass is 10.1. The molecule has 1 heterocycles. The maximum atomic E-state index is 12.2. The summed E-state index contributed by atoms with van der Waals surface area (Å²) in [5.41, 5.74) is 2.79. The highest BCUT2D eigenvalue weighted by Crippen LogP contribution is 2.18. The highest BCUT2D eigenvalue weighted by Gasteiger charge is 2.15. The largest absolute Gasteiger partial charge is 0.493 e. The summed E-state index contributed by atoms with van der Waals surface area (Å²) >= 11 is 5.95. The van der Waals surface area contributed by atoms with E-state index in [2.05, 4.69) is 15.5 Å². The van der Waals surface area contributed by atoms with Crippen LogP contribution >= 0.6 is 11.6 Å². The number of nitrogens with one attached hydrogen (secondary N) is 2. The third-order valence-corrected chi connectivity index (χ3v) is 4.68. The van der Waals surface area contributed by atoms with Crippen molar-refractivity contribution in [3.63, 3.8) is 0 Å². The van der Waals surface area contributed by atoms with Crippen molar-refractivity contribution in [1.82, 2.24) is 15.0 Å². The summed E-state index contributed by atoms with van der Waals surface area (Å²) in [4.78, 5) is 38.6. The Labute approximate surface area is 170 Å². The fourth-order valence-corrected chi connectivity index (χ4v) is 2.84. The first-order valence-electron chi connectivity index (χ1n) is 8.53. The third kappa shape index (κ3) is 4.12. The summed E-state index contributed by atoms with van der Waals surface area (Å²) in [7, 11) is 0. The van der Waals surface area contributed by atoms with Gasteiger partial charge in [0.25, 0.3) is 11.5 Å². The first-order valence-corrected chi connectivity index (χ1v) is 8.91. The molecule has 0 atom stereocenters. The topological polar surface area (TPSA) is 117 Å². The number of aromatic hydroxyl groups is 1. The highest BCUT2D eigenvalue weighted by atomic mass is 35.5. The summed E-state index contributed by atoms with van der Waals surface area (Å²) < 4.78 is 0.949. The van der Waals surface area contributed by atoms with Gasteiger partial charge < -0.3 is 5.11 Å². The molecule has 1 amide bonds. The molecule has 1 aromatic heterocycles. The van der Waals surface area contributed by atoms with E-state index >= 15 is 0 Å². The molecular formula is C20H17ClN4O4. The number of nitrogens with zero attached hydrogens (tertiary/aromatic N) is 2. The molecule has 0 aliphatic heterocycles. The number of amides is 1. The number of benzene rings is 2. The van der Waals surface area contributed by atoms with E-state index in [1.807, 2.05) is 13.8 Å². The number of H-pyrrole nitrogens is 1. The first kappa shape index (κ1) is 20.1. The summed E-state index contributed by atoms with van der Waals surface area (Å²) in [6.07, 6.45) is 0.958. The van der Waals surface area contributed by atoms with Crippen molar-refractivity contribution in [2.45, 2.75) is 13.8 Å². The molecule has 3 aromatic rings. The number of hydrogen-bond donors (Lipinski definition) is 3. The van der Waals surface area contributed by atoms with Crippen LogP contribution in [-0.2, 0) is 0 Å². The predicted molar refractivity (Wildman–Crippen MR) is 110 cm³/mol. The van der Waals surface area contributed by atoms with Gasteiger partial charge in [-0.1, -0.05) is 29.8 Å². The molecular weight excluding hydrogens is 396 g/mol. The van der Waals surface area contributed by atoms with E-state index in [0.717, 1.165) is 21.9 Å². The molecule has 0 bridgehead atoms. The number of aryl methyl sites for hydroxylation is 2. The van der Waals surface area contributed by atoms with Crippen LogP contribution in [0.15, 0.2) is 57.2 Å². The number of rotatable bonds is 4. The van der Waals surface area contributed by atoms with Crippen molar-refractivity contribution in [1.29, 1.82) is 0 Å². The van der Waals surface area contributed by atoms with Crippen LogP contribution < -0.4 is 16.7 Å². The number of hydrazone groups is 1. The summed E-state index contributed by atoms with van der Waals surface area (Å²) in [6.45, 7) is 3.77. The van der Waals surface area contributed by atoms with Gasteiger partial charge in [0.15, 0.2) is 0 Å². The number of hydrogen-bond acceptors (Lipinski definition) is 5. The van der Waals surface area contributed by atoms with Gasteiger partial charge in [0.1, 0.15) is 5.56 Å². The maximum Gasteiger partial charge on any atom is 0.335 e. The minimum absolute atomic E-state index is 0.199. The zero-order valence-electron chi connectivity index (χ0n) is 15.6. The van der Waals surface area contributed by atoms with Gasteiger partial charge in [0.05, 0.1) is 22.5 Å². The quantitative estimate of drug-likeness (QED) is 0.450. The standard InChI is InChI=1S/C20H17ClN4O4/c1-11-7-8-13(9-12(11)2)25-19(28)15(17(26)23-20(25)29)10-22-24-18(27)14-5-3-4-6-16(14)21/h3-10,28H,1-2H3,(H,24,27)(H,23,26,29)/b22-10+. The Morgan fingerprint density at radius 1 is 1.17 bits per heavy atom. The Hall–Kier alpha value is -3.65. The van der Waals surface area contributed by atoms with Gasteiger partial charge in [0.2, 0.25) is 5.88 Å². The molecule has 0 aliphatic rings. The molecule has 0 unspecified atom stereocenters. The van der Waals surface area contributed by atoms with E-state index in [1.54, 1.807) is 36.4 Å². The van der Waals surface area contributed by atoms with Crippen molar-refractivity contribution in [2.75, 3.05) is 0 Å². The van der Waals surface area contributed by atoms with Crippen LogP contribution in [0.25, 0.3) is 5.69 Å². The Bertz CT molecular complexity index is 1240. The van der Waals surface area contributed by atoms with Crippen LogP contribution in [0, 0.1) is 13.8 Å². The van der Waals surface area contributed by atoms with E-state index in [1.165, 1.54) is 6.07 Å². The zero-order valence-corrected chi connectivity index (χ0v) is 16.3. The lowest BCUT2D eigenvalue weighted by Crippen LogP contribution is -2.31.